The molecule has 106 valence electrons. The van der Waals surface area contributed by atoms with Crippen LogP contribution in [0.2, 0.25) is 0 Å². The van der Waals surface area contributed by atoms with E-state index in [-0.39, 0.29) is 17.2 Å². The molecule has 0 unspecified atom stereocenters. The molecule has 1 aromatic carbocycles. The average Bonchev–Trinajstić information content (AvgIpc) is 2.89. The number of piperazine rings is 1. The van der Waals surface area contributed by atoms with Gasteiger partial charge in [-0.25, -0.2) is 4.39 Å². The summed E-state index contributed by atoms with van der Waals surface area (Å²) < 4.78 is 18.8. The lowest BCUT2D eigenvalue weighted by molar-refractivity contribution is 0.309. The molecule has 0 aliphatic carbocycles. The Hall–Kier alpha value is -2.15. The second kappa shape index (κ2) is 5.09. The van der Waals surface area contributed by atoms with Gasteiger partial charge < -0.3 is 19.4 Å². The molecule has 1 saturated heterocycles. The van der Waals surface area contributed by atoms with Crippen LogP contribution in [0.15, 0.2) is 22.7 Å². The Morgan fingerprint density at radius 2 is 2.00 bits per heavy atom. The van der Waals surface area contributed by atoms with Crippen molar-refractivity contribution < 1.29 is 14.0 Å². The fourth-order valence-corrected chi connectivity index (χ4v) is 2.18. The molecule has 3 rings (SSSR count). The summed E-state index contributed by atoms with van der Waals surface area (Å²) in [5.41, 5.74) is -0.0552. The van der Waals surface area contributed by atoms with E-state index in [9.17, 15) is 9.50 Å². The highest BCUT2D eigenvalue weighted by atomic mass is 19.1. The third kappa shape index (κ3) is 2.32. The van der Waals surface area contributed by atoms with Gasteiger partial charge in [0.05, 0.1) is 0 Å². The second-order valence-electron chi connectivity index (χ2n) is 4.82. The molecule has 0 radical (unpaired) electrons. The average molecular weight is 278 g/mol. The number of hydrogen-bond acceptors (Lipinski definition) is 6. The third-order valence-corrected chi connectivity index (χ3v) is 3.41. The lowest BCUT2D eigenvalue weighted by atomic mass is 10.2. The van der Waals surface area contributed by atoms with Crippen LogP contribution in [-0.2, 0) is 0 Å². The van der Waals surface area contributed by atoms with Crippen molar-refractivity contribution in [2.75, 3.05) is 38.1 Å². The number of anilines is 1. The first kappa shape index (κ1) is 12.9. The van der Waals surface area contributed by atoms with Crippen LogP contribution in [0, 0.1) is 5.82 Å². The van der Waals surface area contributed by atoms with E-state index < -0.39 is 5.82 Å². The summed E-state index contributed by atoms with van der Waals surface area (Å²) in [6, 6.07) is 4.05. The number of phenolic OH excluding ortho intramolecular Hbond substituents is 1. The van der Waals surface area contributed by atoms with Gasteiger partial charge in [0.15, 0.2) is 0 Å². The van der Waals surface area contributed by atoms with Crippen molar-refractivity contribution >= 4 is 5.95 Å². The maximum Gasteiger partial charge on any atom is 0.266 e. The molecule has 7 heteroatoms. The molecule has 1 fully saturated rings. The van der Waals surface area contributed by atoms with E-state index in [2.05, 4.69) is 22.1 Å². The van der Waals surface area contributed by atoms with Gasteiger partial charge in [-0.2, -0.15) is 4.98 Å². The van der Waals surface area contributed by atoms with Gasteiger partial charge in [0, 0.05) is 26.2 Å². The normalized spacial score (nSPS) is 16.6. The highest BCUT2D eigenvalue weighted by molar-refractivity contribution is 5.63. The van der Waals surface area contributed by atoms with Gasteiger partial charge in [-0.3, -0.25) is 0 Å². The lowest BCUT2D eigenvalue weighted by Crippen LogP contribution is -2.44. The van der Waals surface area contributed by atoms with Crippen LogP contribution in [0.3, 0.4) is 0 Å². The van der Waals surface area contributed by atoms with Crippen molar-refractivity contribution in [2.45, 2.75) is 0 Å². The fraction of sp³-hybridized carbons (Fsp3) is 0.385. The van der Waals surface area contributed by atoms with E-state index in [0.29, 0.717) is 5.95 Å². The Morgan fingerprint density at radius 3 is 2.70 bits per heavy atom. The van der Waals surface area contributed by atoms with Gasteiger partial charge in [0.25, 0.3) is 11.8 Å². The molecule has 1 aliphatic heterocycles. The minimum absolute atomic E-state index is 0.00507. The zero-order valence-corrected chi connectivity index (χ0v) is 11.1. The topological polar surface area (TPSA) is 65.6 Å². The van der Waals surface area contributed by atoms with Crippen molar-refractivity contribution in [3.63, 3.8) is 0 Å². The van der Waals surface area contributed by atoms with Gasteiger partial charge in [0.1, 0.15) is 17.1 Å². The molecule has 0 amide bonds. The van der Waals surface area contributed by atoms with Crippen molar-refractivity contribution in [2.24, 2.45) is 0 Å². The Balaban J connectivity index is 1.87. The minimum Gasteiger partial charge on any atom is -0.507 e. The number of aromatic nitrogens is 2. The zero-order valence-electron chi connectivity index (χ0n) is 11.1. The molecule has 1 aromatic heterocycles. The summed E-state index contributed by atoms with van der Waals surface area (Å²) >= 11 is 0. The molecular weight excluding hydrogens is 263 g/mol. The smallest absolute Gasteiger partial charge is 0.266 e. The van der Waals surface area contributed by atoms with Crippen LogP contribution in [0.4, 0.5) is 10.3 Å². The Morgan fingerprint density at radius 1 is 1.25 bits per heavy atom. The van der Waals surface area contributed by atoms with Gasteiger partial charge >= 0.3 is 0 Å². The van der Waals surface area contributed by atoms with Crippen LogP contribution >= 0.6 is 0 Å². The number of hydrogen-bond donors (Lipinski definition) is 1. The Kier molecular flexibility index (Phi) is 3.27. The molecule has 0 bridgehead atoms. The molecule has 0 saturated carbocycles. The van der Waals surface area contributed by atoms with E-state index in [1.54, 1.807) is 0 Å². The zero-order chi connectivity index (χ0) is 14.1. The van der Waals surface area contributed by atoms with Gasteiger partial charge in [-0.05, 0) is 24.3 Å². The SMILES string of the molecule is CN1CCN(c2noc(-c3c(O)cccc3F)n2)CC1. The van der Waals surface area contributed by atoms with Crippen LogP contribution in [0.25, 0.3) is 11.5 Å². The van der Waals surface area contributed by atoms with Gasteiger partial charge in [-0.1, -0.05) is 6.07 Å². The number of likely N-dealkylation sites (N-methyl/N-ethyl adjacent to an activating group) is 1. The number of phenols is 1. The van der Waals surface area contributed by atoms with E-state index >= 15 is 0 Å². The van der Waals surface area contributed by atoms with Crippen LogP contribution in [0.1, 0.15) is 0 Å². The second-order valence-corrected chi connectivity index (χ2v) is 4.82. The predicted molar refractivity (Wildman–Crippen MR) is 71.1 cm³/mol. The van der Waals surface area contributed by atoms with E-state index in [4.69, 9.17) is 4.52 Å². The molecule has 2 heterocycles. The molecule has 1 aliphatic rings. The number of benzene rings is 1. The van der Waals surface area contributed by atoms with Gasteiger partial charge in [-0.15, -0.1) is 0 Å². The highest BCUT2D eigenvalue weighted by Gasteiger charge is 2.22. The quantitative estimate of drug-likeness (QED) is 0.894. The first-order chi connectivity index (χ1) is 9.65. The first-order valence-corrected chi connectivity index (χ1v) is 6.40. The van der Waals surface area contributed by atoms with Crippen molar-refractivity contribution in [3.05, 3.63) is 24.0 Å². The number of nitrogens with zero attached hydrogens (tertiary/aromatic N) is 4. The monoisotopic (exact) mass is 278 g/mol. The fourth-order valence-electron chi connectivity index (χ4n) is 2.18. The summed E-state index contributed by atoms with van der Waals surface area (Å²) in [4.78, 5) is 8.37. The number of rotatable bonds is 2. The lowest BCUT2D eigenvalue weighted by Gasteiger charge is -2.31. The largest absolute Gasteiger partial charge is 0.507 e. The summed E-state index contributed by atoms with van der Waals surface area (Å²) in [7, 11) is 2.05. The molecule has 0 atom stereocenters. The van der Waals surface area contributed by atoms with Crippen LogP contribution in [-0.4, -0.2) is 53.4 Å². The summed E-state index contributed by atoms with van der Waals surface area (Å²) in [5, 5.41) is 13.6. The number of halogens is 1. The van der Waals surface area contributed by atoms with Crippen molar-refractivity contribution in [3.8, 4) is 17.2 Å². The van der Waals surface area contributed by atoms with E-state index in [1.165, 1.54) is 18.2 Å². The van der Waals surface area contributed by atoms with Crippen molar-refractivity contribution in [1.29, 1.82) is 0 Å². The van der Waals surface area contributed by atoms with Crippen LogP contribution < -0.4 is 4.90 Å². The molecule has 6 nitrogen and oxygen atoms in total. The maximum atomic E-state index is 13.7. The predicted octanol–water partition coefficient (Wildman–Crippen LogP) is 1.33. The molecular formula is C13H15FN4O2. The van der Waals surface area contributed by atoms with E-state index in [1.807, 2.05) is 4.90 Å². The summed E-state index contributed by atoms with van der Waals surface area (Å²) in [6.07, 6.45) is 0. The molecule has 2 aromatic rings. The highest BCUT2D eigenvalue weighted by Crippen LogP contribution is 2.31. The van der Waals surface area contributed by atoms with Gasteiger partial charge in [0.2, 0.25) is 0 Å². The van der Waals surface area contributed by atoms with E-state index in [0.717, 1.165) is 26.2 Å². The minimum atomic E-state index is -0.585. The number of aromatic hydroxyl groups is 1. The Labute approximate surface area is 115 Å². The maximum absolute atomic E-state index is 13.7. The third-order valence-electron chi connectivity index (χ3n) is 3.41. The summed E-state index contributed by atoms with van der Waals surface area (Å²) in [6.45, 7) is 3.40. The molecule has 0 spiro atoms. The molecule has 20 heavy (non-hydrogen) atoms. The van der Waals surface area contributed by atoms with Crippen molar-refractivity contribution in [1.82, 2.24) is 15.0 Å². The summed E-state index contributed by atoms with van der Waals surface area (Å²) in [5.74, 6) is -0.373. The first-order valence-electron chi connectivity index (χ1n) is 6.40. The Bertz CT molecular complexity index is 588. The molecule has 1 N–H and O–H groups in total. The van der Waals surface area contributed by atoms with Crippen LogP contribution in [0.5, 0.6) is 5.75 Å². The standard InChI is InChI=1S/C13H15FN4O2/c1-17-5-7-18(8-6-17)13-15-12(20-16-13)11-9(14)3-2-4-10(11)19/h2-4,19H,5-8H2,1H3.